The summed E-state index contributed by atoms with van der Waals surface area (Å²) in [6.45, 7) is 5.37. The fourth-order valence-corrected chi connectivity index (χ4v) is 2.44. The molecule has 3 N–H and O–H groups in total. The highest BCUT2D eigenvalue weighted by atomic mass is 16.5. The molecule has 6 nitrogen and oxygen atoms in total. The van der Waals surface area contributed by atoms with E-state index in [-0.39, 0.29) is 18.4 Å². The lowest BCUT2D eigenvalue weighted by Crippen LogP contribution is -2.25. The first-order chi connectivity index (χ1) is 13.1. The van der Waals surface area contributed by atoms with Crippen molar-refractivity contribution in [1.29, 1.82) is 0 Å². The zero-order chi connectivity index (χ0) is 19.5. The standard InChI is InChI=1S/C21H27N3O3/c1-3-5-13-22-21(26)16-7-6-8-18(14-16)23-15-20(25)24-17-9-11-19(12-10-17)27-4-2/h6-12,14,23H,3-5,13,15H2,1-2H3,(H,22,26)(H,24,25). The molecule has 2 aromatic rings. The third-order valence-electron chi connectivity index (χ3n) is 3.84. The van der Waals surface area contributed by atoms with Gasteiger partial charge in [-0.25, -0.2) is 0 Å². The van der Waals surface area contributed by atoms with Crippen molar-refractivity contribution in [3.8, 4) is 5.75 Å². The van der Waals surface area contributed by atoms with Crippen LogP contribution in [0.2, 0.25) is 0 Å². The van der Waals surface area contributed by atoms with Crippen molar-refractivity contribution in [2.24, 2.45) is 0 Å². The molecule has 0 bridgehead atoms. The number of rotatable bonds is 10. The van der Waals surface area contributed by atoms with E-state index in [0.717, 1.165) is 24.3 Å². The molecule has 0 aromatic heterocycles. The summed E-state index contributed by atoms with van der Waals surface area (Å²) in [5.41, 5.74) is 2.00. The number of benzene rings is 2. The fourth-order valence-electron chi connectivity index (χ4n) is 2.44. The van der Waals surface area contributed by atoms with Gasteiger partial charge in [0.25, 0.3) is 5.91 Å². The average Bonchev–Trinajstić information content (AvgIpc) is 2.68. The summed E-state index contributed by atoms with van der Waals surface area (Å²) >= 11 is 0. The Morgan fingerprint density at radius 2 is 1.78 bits per heavy atom. The van der Waals surface area contributed by atoms with E-state index in [1.165, 1.54) is 0 Å². The minimum Gasteiger partial charge on any atom is -0.494 e. The second-order valence-corrected chi connectivity index (χ2v) is 6.05. The summed E-state index contributed by atoms with van der Waals surface area (Å²) < 4.78 is 5.37. The lowest BCUT2D eigenvalue weighted by atomic mass is 10.2. The Balaban J connectivity index is 1.84. The highest BCUT2D eigenvalue weighted by molar-refractivity contribution is 5.96. The molecule has 0 spiro atoms. The minimum atomic E-state index is -0.169. The molecule has 0 heterocycles. The number of hydrogen-bond donors (Lipinski definition) is 3. The number of hydrogen-bond acceptors (Lipinski definition) is 4. The number of carbonyl (C=O) groups is 2. The van der Waals surface area contributed by atoms with Crippen LogP contribution in [0.1, 0.15) is 37.0 Å². The maximum atomic E-state index is 12.1. The molecule has 2 aromatic carbocycles. The van der Waals surface area contributed by atoms with Crippen LogP contribution < -0.4 is 20.7 Å². The normalized spacial score (nSPS) is 10.1. The molecule has 2 rings (SSSR count). The molecule has 144 valence electrons. The van der Waals surface area contributed by atoms with Crippen LogP contribution in [0.5, 0.6) is 5.75 Å². The summed E-state index contributed by atoms with van der Waals surface area (Å²) in [5, 5.41) is 8.74. The Bertz CT molecular complexity index is 745. The molecule has 0 saturated carbocycles. The summed E-state index contributed by atoms with van der Waals surface area (Å²) in [7, 11) is 0. The molecule has 0 unspecified atom stereocenters. The zero-order valence-corrected chi connectivity index (χ0v) is 15.9. The number of ether oxygens (including phenoxy) is 1. The van der Waals surface area contributed by atoms with Gasteiger partial charge in [0.1, 0.15) is 5.75 Å². The number of amides is 2. The molecule has 0 aliphatic carbocycles. The summed E-state index contributed by atoms with van der Waals surface area (Å²) in [4.78, 5) is 24.2. The number of unbranched alkanes of at least 4 members (excludes halogenated alkanes) is 1. The van der Waals surface area contributed by atoms with E-state index >= 15 is 0 Å². The molecular formula is C21H27N3O3. The van der Waals surface area contributed by atoms with Gasteiger partial charge in [0.05, 0.1) is 13.2 Å². The lowest BCUT2D eigenvalue weighted by Gasteiger charge is -2.10. The second-order valence-electron chi connectivity index (χ2n) is 6.05. The Kier molecular flexibility index (Phi) is 8.16. The van der Waals surface area contributed by atoms with Crippen LogP contribution in [0.25, 0.3) is 0 Å². The zero-order valence-electron chi connectivity index (χ0n) is 15.9. The minimum absolute atomic E-state index is 0.105. The van der Waals surface area contributed by atoms with Crippen LogP contribution in [0.4, 0.5) is 11.4 Å². The van der Waals surface area contributed by atoms with Crippen LogP contribution in [0.3, 0.4) is 0 Å². The molecule has 0 radical (unpaired) electrons. The van der Waals surface area contributed by atoms with Gasteiger partial charge >= 0.3 is 0 Å². The van der Waals surface area contributed by atoms with Crippen molar-refractivity contribution in [2.75, 3.05) is 30.3 Å². The van der Waals surface area contributed by atoms with E-state index < -0.39 is 0 Å². The van der Waals surface area contributed by atoms with Gasteiger partial charge in [-0.05, 0) is 55.8 Å². The molecule has 0 saturated heterocycles. The smallest absolute Gasteiger partial charge is 0.251 e. The molecule has 0 atom stereocenters. The van der Waals surface area contributed by atoms with Gasteiger partial charge in [0.15, 0.2) is 0 Å². The van der Waals surface area contributed by atoms with Crippen LogP contribution in [0.15, 0.2) is 48.5 Å². The van der Waals surface area contributed by atoms with Gasteiger partial charge in [-0.3, -0.25) is 9.59 Å². The van der Waals surface area contributed by atoms with Gasteiger partial charge in [-0.15, -0.1) is 0 Å². The second kappa shape index (κ2) is 10.9. The topological polar surface area (TPSA) is 79.5 Å². The molecule has 2 amide bonds. The average molecular weight is 369 g/mol. The van der Waals surface area contributed by atoms with Crippen molar-refractivity contribution in [1.82, 2.24) is 5.32 Å². The van der Waals surface area contributed by atoms with Crippen LogP contribution in [-0.2, 0) is 4.79 Å². The molecule has 27 heavy (non-hydrogen) atoms. The van der Waals surface area contributed by atoms with Crippen LogP contribution in [-0.4, -0.2) is 31.5 Å². The first kappa shape index (κ1) is 20.3. The molecule has 0 fully saturated rings. The first-order valence-corrected chi connectivity index (χ1v) is 9.27. The predicted molar refractivity (Wildman–Crippen MR) is 108 cm³/mol. The van der Waals surface area contributed by atoms with Crippen LogP contribution in [0, 0.1) is 0 Å². The van der Waals surface area contributed by atoms with Gasteiger partial charge in [-0.2, -0.15) is 0 Å². The fraction of sp³-hybridized carbons (Fsp3) is 0.333. The lowest BCUT2D eigenvalue weighted by molar-refractivity contribution is -0.114. The Labute approximate surface area is 160 Å². The van der Waals surface area contributed by atoms with Crippen molar-refractivity contribution >= 4 is 23.2 Å². The third kappa shape index (κ3) is 7.01. The monoisotopic (exact) mass is 369 g/mol. The molecule has 0 aliphatic rings. The maximum absolute atomic E-state index is 12.1. The maximum Gasteiger partial charge on any atom is 0.251 e. The number of carbonyl (C=O) groups excluding carboxylic acids is 2. The predicted octanol–water partition coefficient (Wildman–Crippen LogP) is 3.67. The van der Waals surface area contributed by atoms with Crippen molar-refractivity contribution in [3.63, 3.8) is 0 Å². The highest BCUT2D eigenvalue weighted by Crippen LogP contribution is 2.16. The Morgan fingerprint density at radius 3 is 2.48 bits per heavy atom. The van der Waals surface area contributed by atoms with Gasteiger partial charge in [0, 0.05) is 23.5 Å². The molecular weight excluding hydrogens is 342 g/mol. The van der Waals surface area contributed by atoms with Crippen molar-refractivity contribution in [3.05, 3.63) is 54.1 Å². The Hall–Kier alpha value is -3.02. The molecule has 6 heteroatoms. The summed E-state index contributed by atoms with van der Waals surface area (Å²) in [6, 6.07) is 14.3. The largest absolute Gasteiger partial charge is 0.494 e. The highest BCUT2D eigenvalue weighted by Gasteiger charge is 2.07. The number of nitrogens with one attached hydrogen (secondary N) is 3. The first-order valence-electron chi connectivity index (χ1n) is 9.27. The van der Waals surface area contributed by atoms with E-state index in [9.17, 15) is 9.59 Å². The third-order valence-corrected chi connectivity index (χ3v) is 3.84. The van der Waals surface area contributed by atoms with Gasteiger partial charge < -0.3 is 20.7 Å². The van der Waals surface area contributed by atoms with E-state index in [0.29, 0.717) is 24.4 Å². The van der Waals surface area contributed by atoms with Gasteiger partial charge in [0.2, 0.25) is 5.91 Å². The van der Waals surface area contributed by atoms with Crippen molar-refractivity contribution < 1.29 is 14.3 Å². The quantitative estimate of drug-likeness (QED) is 0.558. The SMILES string of the molecule is CCCCNC(=O)c1cccc(NCC(=O)Nc2ccc(OCC)cc2)c1. The molecule has 0 aliphatic heterocycles. The van der Waals surface area contributed by atoms with E-state index in [1.807, 2.05) is 25.1 Å². The summed E-state index contributed by atoms with van der Waals surface area (Å²) in [5.74, 6) is 0.491. The van der Waals surface area contributed by atoms with E-state index in [2.05, 4.69) is 22.9 Å². The van der Waals surface area contributed by atoms with E-state index in [4.69, 9.17) is 4.74 Å². The van der Waals surface area contributed by atoms with Crippen LogP contribution >= 0.6 is 0 Å². The summed E-state index contributed by atoms with van der Waals surface area (Å²) in [6.07, 6.45) is 1.99. The van der Waals surface area contributed by atoms with Crippen molar-refractivity contribution in [2.45, 2.75) is 26.7 Å². The van der Waals surface area contributed by atoms with Gasteiger partial charge in [-0.1, -0.05) is 19.4 Å². The van der Waals surface area contributed by atoms with E-state index in [1.54, 1.807) is 30.3 Å². The number of anilines is 2. The Morgan fingerprint density at radius 1 is 1.00 bits per heavy atom.